The van der Waals surface area contributed by atoms with Gasteiger partial charge >= 0.3 is 0 Å². The molecular formula is C18H33NOSi2. The van der Waals surface area contributed by atoms with Crippen molar-refractivity contribution in [1.29, 1.82) is 0 Å². The molecule has 0 saturated carbocycles. The molecule has 1 heterocycles. The van der Waals surface area contributed by atoms with E-state index in [9.17, 15) is 0 Å². The van der Waals surface area contributed by atoms with Gasteiger partial charge in [0.2, 0.25) is 0 Å². The SMILES string of the molecule is C[Si](C)(C)CCCOCCN1Cc2ccccc2[Si](C)(C)C1. The highest BCUT2D eigenvalue weighted by atomic mass is 28.3. The highest BCUT2D eigenvalue weighted by Crippen LogP contribution is 2.18. The van der Waals surface area contributed by atoms with Crippen LogP contribution in [0, 0.1) is 0 Å². The normalized spacial score (nSPS) is 18.2. The van der Waals surface area contributed by atoms with E-state index in [1.807, 2.05) is 0 Å². The lowest BCUT2D eigenvalue weighted by Gasteiger charge is -2.38. The van der Waals surface area contributed by atoms with Gasteiger partial charge in [-0.05, 0) is 18.2 Å². The molecule has 0 unspecified atom stereocenters. The average molecular weight is 336 g/mol. The summed E-state index contributed by atoms with van der Waals surface area (Å²) >= 11 is 0. The number of nitrogens with zero attached hydrogens (tertiary/aromatic N) is 1. The maximum absolute atomic E-state index is 5.88. The summed E-state index contributed by atoms with van der Waals surface area (Å²) < 4.78 is 5.88. The summed E-state index contributed by atoms with van der Waals surface area (Å²) in [5.74, 6) is 0. The van der Waals surface area contributed by atoms with Crippen LogP contribution in [0.2, 0.25) is 38.8 Å². The lowest BCUT2D eigenvalue weighted by atomic mass is 10.2. The summed E-state index contributed by atoms with van der Waals surface area (Å²) in [5.41, 5.74) is 1.55. The zero-order valence-electron chi connectivity index (χ0n) is 15.1. The van der Waals surface area contributed by atoms with E-state index in [-0.39, 0.29) is 0 Å². The Balaban J connectivity index is 1.74. The molecule has 0 bridgehead atoms. The standard InChI is InChI=1S/C18H33NOSi2/c1-21(2,3)14-8-12-20-13-11-19-15-17-9-6-7-10-18(17)22(4,5)16-19/h6-7,9-10H,8,11-16H2,1-5H3. The topological polar surface area (TPSA) is 12.5 Å². The minimum absolute atomic E-state index is 0.887. The van der Waals surface area contributed by atoms with Crippen molar-refractivity contribution in [2.75, 3.05) is 25.9 Å². The molecule has 0 saturated heterocycles. The largest absolute Gasteiger partial charge is 0.380 e. The number of fused-ring (bicyclic) bond motifs is 1. The Hall–Kier alpha value is -0.426. The van der Waals surface area contributed by atoms with E-state index in [2.05, 4.69) is 61.9 Å². The summed E-state index contributed by atoms with van der Waals surface area (Å²) in [5, 5.41) is 1.65. The number of benzene rings is 1. The van der Waals surface area contributed by atoms with Gasteiger partial charge in [0.25, 0.3) is 0 Å². The minimum Gasteiger partial charge on any atom is -0.380 e. The molecule has 1 aromatic rings. The second-order valence-corrected chi connectivity index (χ2v) is 18.8. The average Bonchev–Trinajstić information content (AvgIpc) is 2.41. The number of rotatable bonds is 7. The van der Waals surface area contributed by atoms with Gasteiger partial charge in [0.05, 0.1) is 14.7 Å². The first-order valence-corrected chi connectivity index (χ1v) is 15.6. The summed E-state index contributed by atoms with van der Waals surface area (Å²) in [7, 11) is -2.19. The summed E-state index contributed by atoms with van der Waals surface area (Å²) in [6.07, 6.45) is 2.50. The fourth-order valence-electron chi connectivity index (χ4n) is 3.42. The maximum atomic E-state index is 5.88. The zero-order valence-corrected chi connectivity index (χ0v) is 17.1. The van der Waals surface area contributed by atoms with Crippen LogP contribution in [-0.2, 0) is 11.3 Å². The lowest BCUT2D eigenvalue weighted by Crippen LogP contribution is -2.57. The second-order valence-electron chi connectivity index (χ2n) is 8.53. The molecule has 1 aliphatic heterocycles. The summed E-state index contributed by atoms with van der Waals surface area (Å²) in [4.78, 5) is 2.60. The fraction of sp³-hybridized carbons (Fsp3) is 0.667. The molecule has 2 rings (SSSR count). The zero-order chi connectivity index (χ0) is 16.2. The van der Waals surface area contributed by atoms with E-state index in [1.54, 1.807) is 10.8 Å². The molecule has 0 aromatic heterocycles. The quantitative estimate of drug-likeness (QED) is 0.556. The van der Waals surface area contributed by atoms with Crippen molar-refractivity contribution in [2.24, 2.45) is 0 Å². The van der Waals surface area contributed by atoms with Gasteiger partial charge in [0.15, 0.2) is 0 Å². The minimum atomic E-state index is -1.30. The molecule has 1 aromatic carbocycles. The molecule has 0 aliphatic carbocycles. The van der Waals surface area contributed by atoms with Gasteiger partial charge in [0.1, 0.15) is 0 Å². The molecule has 0 fully saturated rings. The van der Waals surface area contributed by atoms with E-state index < -0.39 is 16.1 Å². The van der Waals surface area contributed by atoms with Crippen LogP contribution in [0.25, 0.3) is 0 Å². The molecule has 22 heavy (non-hydrogen) atoms. The van der Waals surface area contributed by atoms with Gasteiger partial charge in [-0.15, -0.1) is 0 Å². The first-order chi connectivity index (χ1) is 10.3. The predicted octanol–water partition coefficient (Wildman–Crippen LogP) is 3.70. The van der Waals surface area contributed by atoms with Gasteiger partial charge in [-0.3, -0.25) is 4.90 Å². The van der Waals surface area contributed by atoms with Gasteiger partial charge < -0.3 is 4.74 Å². The highest BCUT2D eigenvalue weighted by molar-refractivity contribution is 6.90. The molecule has 124 valence electrons. The van der Waals surface area contributed by atoms with E-state index in [1.165, 1.54) is 18.6 Å². The molecule has 0 atom stereocenters. The molecule has 0 amide bonds. The Bertz CT molecular complexity index is 482. The van der Waals surface area contributed by atoms with Crippen LogP contribution in [-0.4, -0.2) is 47.0 Å². The van der Waals surface area contributed by atoms with Crippen molar-refractivity contribution >= 4 is 21.3 Å². The first-order valence-electron chi connectivity index (χ1n) is 8.66. The number of hydrogen-bond donors (Lipinski definition) is 0. The third-order valence-electron chi connectivity index (χ3n) is 4.53. The Morgan fingerprint density at radius 3 is 2.59 bits per heavy atom. The van der Waals surface area contributed by atoms with E-state index in [4.69, 9.17) is 4.74 Å². The molecule has 0 N–H and O–H groups in total. The fourth-order valence-corrected chi connectivity index (χ4v) is 7.76. The number of ether oxygens (including phenoxy) is 1. The van der Waals surface area contributed by atoms with Crippen molar-refractivity contribution in [2.45, 2.75) is 51.7 Å². The van der Waals surface area contributed by atoms with Crippen molar-refractivity contribution < 1.29 is 4.74 Å². The number of hydrogen-bond acceptors (Lipinski definition) is 2. The Morgan fingerprint density at radius 2 is 1.86 bits per heavy atom. The van der Waals surface area contributed by atoms with E-state index >= 15 is 0 Å². The lowest BCUT2D eigenvalue weighted by molar-refractivity contribution is 0.106. The highest BCUT2D eigenvalue weighted by Gasteiger charge is 2.32. The molecule has 1 aliphatic rings. The molecule has 2 nitrogen and oxygen atoms in total. The third-order valence-corrected chi connectivity index (χ3v) is 9.56. The molecule has 0 spiro atoms. The van der Waals surface area contributed by atoms with Gasteiger partial charge in [-0.25, -0.2) is 0 Å². The summed E-state index contributed by atoms with van der Waals surface area (Å²) in [6, 6.07) is 10.4. The van der Waals surface area contributed by atoms with Crippen molar-refractivity contribution in [3.8, 4) is 0 Å². The Kier molecular flexibility index (Phi) is 6.05. The summed E-state index contributed by atoms with van der Waals surface area (Å²) in [6.45, 7) is 16.3. The Labute approximate surface area is 138 Å². The van der Waals surface area contributed by atoms with Crippen LogP contribution in [0.4, 0.5) is 0 Å². The van der Waals surface area contributed by atoms with Gasteiger partial charge in [-0.1, -0.05) is 68.2 Å². The first kappa shape index (κ1) is 17.9. The van der Waals surface area contributed by atoms with Crippen LogP contribution >= 0.6 is 0 Å². The smallest absolute Gasteiger partial charge is 0.0953 e. The van der Waals surface area contributed by atoms with Gasteiger partial charge in [0, 0.05) is 27.8 Å². The third kappa shape index (κ3) is 5.34. The van der Waals surface area contributed by atoms with Crippen LogP contribution in [0.15, 0.2) is 24.3 Å². The van der Waals surface area contributed by atoms with Crippen molar-refractivity contribution in [3.63, 3.8) is 0 Å². The molecular weight excluding hydrogens is 302 g/mol. The molecule has 0 radical (unpaired) electrons. The van der Waals surface area contributed by atoms with Crippen molar-refractivity contribution in [1.82, 2.24) is 4.90 Å². The predicted molar refractivity (Wildman–Crippen MR) is 102 cm³/mol. The van der Waals surface area contributed by atoms with E-state index in [0.717, 1.165) is 26.3 Å². The van der Waals surface area contributed by atoms with Crippen molar-refractivity contribution in [3.05, 3.63) is 29.8 Å². The maximum Gasteiger partial charge on any atom is 0.0953 e. The monoisotopic (exact) mass is 335 g/mol. The van der Waals surface area contributed by atoms with E-state index in [0.29, 0.717) is 0 Å². The van der Waals surface area contributed by atoms with Crippen LogP contribution in [0.1, 0.15) is 12.0 Å². The van der Waals surface area contributed by atoms with Crippen LogP contribution < -0.4 is 5.19 Å². The second kappa shape index (κ2) is 7.43. The molecule has 4 heteroatoms. The Morgan fingerprint density at radius 1 is 1.14 bits per heavy atom. The van der Waals surface area contributed by atoms with Gasteiger partial charge in [-0.2, -0.15) is 0 Å². The van der Waals surface area contributed by atoms with Crippen LogP contribution in [0.3, 0.4) is 0 Å². The van der Waals surface area contributed by atoms with Crippen LogP contribution in [0.5, 0.6) is 0 Å².